The number of benzene rings is 1. The number of aromatic nitrogens is 2. The molecule has 1 saturated carbocycles. The number of carbonyl (C=O) groups is 2. The van der Waals surface area contributed by atoms with Crippen molar-refractivity contribution in [1.29, 1.82) is 0 Å². The fourth-order valence-electron chi connectivity index (χ4n) is 4.60. The van der Waals surface area contributed by atoms with Crippen molar-refractivity contribution in [3.8, 4) is 0 Å². The van der Waals surface area contributed by atoms with Gasteiger partial charge in [-0.15, -0.1) is 0 Å². The third-order valence-corrected chi connectivity index (χ3v) is 5.89. The smallest absolute Gasteiger partial charge is 0.243 e. The topological polar surface area (TPSA) is 58.4 Å². The highest BCUT2D eigenvalue weighted by molar-refractivity contribution is 5.83. The third kappa shape index (κ3) is 3.40. The molecule has 1 unspecified atom stereocenters. The summed E-state index contributed by atoms with van der Waals surface area (Å²) in [4.78, 5) is 34.4. The molecule has 6 heteroatoms. The van der Waals surface area contributed by atoms with Gasteiger partial charge in [-0.1, -0.05) is 12.1 Å². The van der Waals surface area contributed by atoms with E-state index >= 15 is 0 Å². The summed E-state index contributed by atoms with van der Waals surface area (Å²) >= 11 is 0. The van der Waals surface area contributed by atoms with E-state index in [4.69, 9.17) is 4.98 Å². The van der Waals surface area contributed by atoms with Crippen molar-refractivity contribution in [3.05, 3.63) is 30.1 Å². The van der Waals surface area contributed by atoms with Crippen LogP contribution in [0.4, 0.5) is 0 Å². The number of carbonyl (C=O) groups excluding carboxylic acids is 2. The third-order valence-electron chi connectivity index (χ3n) is 5.89. The summed E-state index contributed by atoms with van der Waals surface area (Å²) in [7, 11) is 0. The Morgan fingerprint density at radius 1 is 1.18 bits per heavy atom. The van der Waals surface area contributed by atoms with Gasteiger partial charge in [0.2, 0.25) is 11.8 Å². The van der Waals surface area contributed by atoms with E-state index in [1.165, 1.54) is 0 Å². The number of imidazole rings is 1. The fourth-order valence-corrected chi connectivity index (χ4v) is 4.60. The Hall–Kier alpha value is -2.37. The Bertz CT molecular complexity index is 889. The number of fused-ring (bicyclic) bond motifs is 1. The summed E-state index contributed by atoms with van der Waals surface area (Å²) in [5.41, 5.74) is 1.86. The molecular weight excluding hydrogens is 352 g/mol. The maximum absolute atomic E-state index is 13.2. The van der Waals surface area contributed by atoms with Crippen LogP contribution in [0.2, 0.25) is 0 Å². The summed E-state index contributed by atoms with van der Waals surface area (Å²) in [6, 6.07) is 8.66. The van der Waals surface area contributed by atoms with Crippen LogP contribution in [-0.2, 0) is 16.1 Å². The van der Waals surface area contributed by atoms with Crippen LogP contribution in [0.25, 0.3) is 11.0 Å². The molecule has 2 fully saturated rings. The van der Waals surface area contributed by atoms with Gasteiger partial charge >= 0.3 is 0 Å². The average molecular weight is 383 g/mol. The van der Waals surface area contributed by atoms with Gasteiger partial charge in [0, 0.05) is 37.0 Å². The lowest BCUT2D eigenvalue weighted by Crippen LogP contribution is -2.44. The van der Waals surface area contributed by atoms with Crippen LogP contribution in [0.5, 0.6) is 0 Å². The molecule has 2 amide bonds. The zero-order valence-corrected chi connectivity index (χ0v) is 17.3. The number of rotatable bonds is 6. The van der Waals surface area contributed by atoms with Gasteiger partial charge in [0.1, 0.15) is 12.4 Å². The maximum atomic E-state index is 13.2. The second kappa shape index (κ2) is 7.22. The molecule has 0 N–H and O–H groups in total. The zero-order chi connectivity index (χ0) is 20.0. The number of nitrogens with zero attached hydrogens (tertiary/aromatic N) is 4. The lowest BCUT2D eigenvalue weighted by atomic mass is 10.1. The minimum Gasteiger partial charge on any atom is -0.339 e. The molecule has 1 aromatic carbocycles. The normalized spacial score (nSPS) is 20.0. The van der Waals surface area contributed by atoms with Crippen LogP contribution >= 0.6 is 0 Å². The molecule has 4 rings (SSSR count). The van der Waals surface area contributed by atoms with Gasteiger partial charge in [-0.25, -0.2) is 4.98 Å². The van der Waals surface area contributed by atoms with Crippen LogP contribution in [0.1, 0.15) is 58.7 Å². The van der Waals surface area contributed by atoms with Gasteiger partial charge in [-0.05, 0) is 52.7 Å². The number of likely N-dealkylation sites (tertiary alicyclic amines) is 1. The highest BCUT2D eigenvalue weighted by Crippen LogP contribution is 2.37. The van der Waals surface area contributed by atoms with E-state index in [9.17, 15) is 9.59 Å². The minimum atomic E-state index is 0.0554. The van der Waals surface area contributed by atoms with Crippen LogP contribution in [0.15, 0.2) is 24.3 Å². The van der Waals surface area contributed by atoms with Gasteiger partial charge in [0.15, 0.2) is 0 Å². The molecule has 2 aromatic rings. The molecule has 0 bridgehead atoms. The molecule has 2 aliphatic rings. The molecular formula is C22H30N4O2. The van der Waals surface area contributed by atoms with Gasteiger partial charge < -0.3 is 14.4 Å². The summed E-state index contributed by atoms with van der Waals surface area (Å²) in [5.74, 6) is 1.25. The Kier molecular flexibility index (Phi) is 4.89. The zero-order valence-electron chi connectivity index (χ0n) is 17.3. The van der Waals surface area contributed by atoms with E-state index in [1.807, 2.05) is 66.3 Å². The van der Waals surface area contributed by atoms with Crippen molar-refractivity contribution in [2.45, 2.75) is 77.5 Å². The first kappa shape index (κ1) is 19.0. The van der Waals surface area contributed by atoms with Crippen molar-refractivity contribution in [1.82, 2.24) is 19.4 Å². The standard InChI is InChI=1S/C22H30N4O2/c1-14(2)26(15(3)4)21(28)13-25-19-8-6-5-7-18(19)23-22(25)16-11-20(27)24(12-16)17-9-10-17/h5-8,14-17H,9-13H2,1-4H3. The van der Waals surface area contributed by atoms with Crippen molar-refractivity contribution in [3.63, 3.8) is 0 Å². The highest BCUT2D eigenvalue weighted by Gasteiger charge is 2.41. The monoisotopic (exact) mass is 382 g/mol. The first-order valence-electron chi connectivity index (χ1n) is 10.4. The summed E-state index contributed by atoms with van der Waals surface area (Å²) < 4.78 is 2.05. The quantitative estimate of drug-likeness (QED) is 0.771. The first-order chi connectivity index (χ1) is 13.4. The van der Waals surface area contributed by atoms with E-state index < -0.39 is 0 Å². The predicted octanol–water partition coefficient (Wildman–Crippen LogP) is 3.16. The lowest BCUT2D eigenvalue weighted by molar-refractivity contribution is -0.135. The molecule has 150 valence electrons. The van der Waals surface area contributed by atoms with Crippen molar-refractivity contribution < 1.29 is 9.59 Å². The van der Waals surface area contributed by atoms with Gasteiger partial charge in [-0.3, -0.25) is 9.59 Å². The second-order valence-corrected chi connectivity index (χ2v) is 8.71. The second-order valence-electron chi connectivity index (χ2n) is 8.71. The molecule has 2 heterocycles. The molecule has 0 spiro atoms. The molecule has 1 atom stereocenters. The van der Waals surface area contributed by atoms with Crippen molar-refractivity contribution >= 4 is 22.8 Å². The Morgan fingerprint density at radius 3 is 2.50 bits per heavy atom. The van der Waals surface area contributed by atoms with Crippen molar-refractivity contribution in [2.24, 2.45) is 0 Å². The summed E-state index contributed by atoms with van der Waals surface area (Å²) in [6.45, 7) is 9.18. The molecule has 1 aliphatic carbocycles. The molecule has 0 radical (unpaired) electrons. The molecule has 1 saturated heterocycles. The van der Waals surface area contributed by atoms with E-state index in [-0.39, 0.29) is 36.4 Å². The lowest BCUT2D eigenvalue weighted by Gasteiger charge is -2.31. The molecule has 1 aromatic heterocycles. The summed E-state index contributed by atoms with van der Waals surface area (Å²) in [5, 5.41) is 0. The van der Waals surface area contributed by atoms with Gasteiger partial charge in [0.05, 0.1) is 11.0 Å². The summed E-state index contributed by atoms with van der Waals surface area (Å²) in [6.07, 6.45) is 2.72. The number of amides is 2. The largest absolute Gasteiger partial charge is 0.339 e. The van der Waals surface area contributed by atoms with Crippen LogP contribution in [-0.4, -0.2) is 55.8 Å². The predicted molar refractivity (Wildman–Crippen MR) is 109 cm³/mol. The molecule has 6 nitrogen and oxygen atoms in total. The van der Waals surface area contributed by atoms with Gasteiger partial charge in [-0.2, -0.15) is 0 Å². The SMILES string of the molecule is CC(C)N(C(=O)Cn1c(C2CC(=O)N(C3CC3)C2)nc2ccccc21)C(C)C. The first-order valence-corrected chi connectivity index (χ1v) is 10.4. The molecule has 28 heavy (non-hydrogen) atoms. The number of hydrogen-bond acceptors (Lipinski definition) is 3. The Labute approximate surface area is 166 Å². The Balaban J connectivity index is 1.68. The van der Waals surface area contributed by atoms with Crippen LogP contribution in [0.3, 0.4) is 0 Å². The van der Waals surface area contributed by atoms with Crippen LogP contribution in [0, 0.1) is 0 Å². The van der Waals surface area contributed by atoms with Crippen LogP contribution < -0.4 is 0 Å². The van der Waals surface area contributed by atoms with E-state index in [1.54, 1.807) is 0 Å². The number of hydrogen-bond donors (Lipinski definition) is 0. The molecule has 1 aliphatic heterocycles. The van der Waals surface area contributed by atoms with Gasteiger partial charge in [0.25, 0.3) is 0 Å². The Morgan fingerprint density at radius 2 is 1.86 bits per heavy atom. The van der Waals surface area contributed by atoms with E-state index in [2.05, 4.69) is 0 Å². The van der Waals surface area contributed by atoms with E-state index in [0.29, 0.717) is 12.5 Å². The van der Waals surface area contributed by atoms with E-state index in [0.717, 1.165) is 36.2 Å². The highest BCUT2D eigenvalue weighted by atomic mass is 16.2. The average Bonchev–Trinajstić information content (AvgIpc) is 3.30. The number of para-hydroxylation sites is 2. The maximum Gasteiger partial charge on any atom is 0.243 e. The minimum absolute atomic E-state index is 0.0554. The fraction of sp³-hybridized carbons (Fsp3) is 0.591. The van der Waals surface area contributed by atoms with Crippen molar-refractivity contribution in [2.75, 3.05) is 6.54 Å².